The van der Waals surface area contributed by atoms with E-state index in [1.54, 1.807) is 30.6 Å². The standard InChI is InChI=1S/C19H15ClN4O2S/c1-12-6-7-13(10-16(12)20)24-11-21-22-19(24)27-9-8-23-17(25)14-4-2-3-5-15(14)18(23)26/h2-7,10-11H,8-9H2,1H3. The first kappa shape index (κ1) is 17.8. The van der Waals surface area contributed by atoms with Crippen molar-refractivity contribution in [3.05, 3.63) is 70.5 Å². The smallest absolute Gasteiger partial charge is 0.261 e. The van der Waals surface area contributed by atoms with E-state index in [4.69, 9.17) is 11.6 Å². The van der Waals surface area contributed by atoms with Crippen molar-refractivity contribution in [2.45, 2.75) is 12.1 Å². The van der Waals surface area contributed by atoms with Crippen molar-refractivity contribution >= 4 is 35.2 Å². The maximum absolute atomic E-state index is 12.4. The van der Waals surface area contributed by atoms with Crippen molar-refractivity contribution in [1.82, 2.24) is 19.7 Å². The van der Waals surface area contributed by atoms with Gasteiger partial charge in [-0.05, 0) is 36.8 Å². The van der Waals surface area contributed by atoms with Gasteiger partial charge < -0.3 is 0 Å². The van der Waals surface area contributed by atoms with Crippen LogP contribution in [-0.2, 0) is 0 Å². The van der Waals surface area contributed by atoms with Crippen LogP contribution in [-0.4, -0.2) is 43.8 Å². The molecule has 0 saturated heterocycles. The Morgan fingerprint density at radius 3 is 2.44 bits per heavy atom. The van der Waals surface area contributed by atoms with Crippen molar-refractivity contribution in [3.8, 4) is 5.69 Å². The summed E-state index contributed by atoms with van der Waals surface area (Å²) < 4.78 is 1.83. The van der Waals surface area contributed by atoms with Crippen molar-refractivity contribution < 1.29 is 9.59 Å². The minimum absolute atomic E-state index is 0.247. The Kier molecular flexibility index (Phi) is 4.72. The Balaban J connectivity index is 1.45. The van der Waals surface area contributed by atoms with Crippen LogP contribution in [0.25, 0.3) is 5.69 Å². The Bertz CT molecular complexity index is 1010. The third-order valence-corrected chi connectivity index (χ3v) is 5.70. The molecule has 2 heterocycles. The number of fused-ring (bicyclic) bond motifs is 1. The molecule has 1 aliphatic rings. The molecular formula is C19H15ClN4O2S. The predicted octanol–water partition coefficient (Wildman–Crippen LogP) is 3.62. The molecule has 0 aliphatic carbocycles. The van der Waals surface area contributed by atoms with Crippen LogP contribution in [0, 0.1) is 6.92 Å². The normalized spacial score (nSPS) is 13.3. The molecule has 0 atom stereocenters. The van der Waals surface area contributed by atoms with E-state index in [1.807, 2.05) is 29.7 Å². The Morgan fingerprint density at radius 2 is 1.78 bits per heavy atom. The second-order valence-electron chi connectivity index (χ2n) is 6.07. The number of thioether (sulfide) groups is 1. The summed E-state index contributed by atoms with van der Waals surface area (Å²) in [4.78, 5) is 26.1. The van der Waals surface area contributed by atoms with Crippen LogP contribution in [0.4, 0.5) is 0 Å². The average Bonchev–Trinajstić information content (AvgIpc) is 3.23. The Labute approximate surface area is 165 Å². The van der Waals surface area contributed by atoms with Crippen LogP contribution in [0.15, 0.2) is 53.9 Å². The first-order valence-electron chi connectivity index (χ1n) is 8.31. The summed E-state index contributed by atoms with van der Waals surface area (Å²) in [5.74, 6) is 0.0231. The van der Waals surface area contributed by atoms with E-state index in [2.05, 4.69) is 10.2 Å². The second-order valence-corrected chi connectivity index (χ2v) is 7.54. The highest BCUT2D eigenvalue weighted by molar-refractivity contribution is 7.99. The highest BCUT2D eigenvalue weighted by Crippen LogP contribution is 2.26. The summed E-state index contributed by atoms with van der Waals surface area (Å²) in [6.07, 6.45) is 1.62. The van der Waals surface area contributed by atoms with Gasteiger partial charge in [0, 0.05) is 17.3 Å². The van der Waals surface area contributed by atoms with Gasteiger partial charge in [0.2, 0.25) is 0 Å². The topological polar surface area (TPSA) is 68.1 Å². The van der Waals surface area contributed by atoms with Gasteiger partial charge in [0.1, 0.15) is 6.33 Å². The van der Waals surface area contributed by atoms with Gasteiger partial charge in [-0.15, -0.1) is 10.2 Å². The molecule has 0 radical (unpaired) electrons. The monoisotopic (exact) mass is 398 g/mol. The molecule has 27 heavy (non-hydrogen) atoms. The molecule has 0 spiro atoms. The third kappa shape index (κ3) is 3.24. The summed E-state index contributed by atoms with van der Waals surface area (Å²) >= 11 is 7.64. The molecule has 3 aromatic rings. The Morgan fingerprint density at radius 1 is 1.07 bits per heavy atom. The molecule has 8 heteroatoms. The highest BCUT2D eigenvalue weighted by Gasteiger charge is 2.34. The second kappa shape index (κ2) is 7.17. The quantitative estimate of drug-likeness (QED) is 0.485. The molecule has 4 rings (SSSR count). The lowest BCUT2D eigenvalue weighted by molar-refractivity contribution is 0.0664. The van der Waals surface area contributed by atoms with Crippen LogP contribution in [0.3, 0.4) is 0 Å². The van der Waals surface area contributed by atoms with Crippen LogP contribution < -0.4 is 0 Å². The van der Waals surface area contributed by atoms with Gasteiger partial charge >= 0.3 is 0 Å². The van der Waals surface area contributed by atoms with Gasteiger partial charge in [-0.2, -0.15) is 0 Å². The Hall–Kier alpha value is -2.64. The van der Waals surface area contributed by atoms with Crippen LogP contribution in [0.2, 0.25) is 5.02 Å². The molecule has 0 N–H and O–H groups in total. The molecule has 6 nitrogen and oxygen atoms in total. The fourth-order valence-electron chi connectivity index (χ4n) is 2.90. The zero-order valence-corrected chi connectivity index (χ0v) is 16.0. The number of imide groups is 1. The minimum atomic E-state index is -0.247. The van der Waals surface area contributed by atoms with Gasteiger partial charge in [0.05, 0.1) is 16.8 Å². The summed E-state index contributed by atoms with van der Waals surface area (Å²) in [6, 6.07) is 12.6. The van der Waals surface area contributed by atoms with Crippen LogP contribution in [0.1, 0.15) is 26.3 Å². The van der Waals surface area contributed by atoms with Crippen LogP contribution in [0.5, 0.6) is 0 Å². The lowest BCUT2D eigenvalue weighted by atomic mass is 10.1. The number of carbonyl (C=O) groups excluding carboxylic acids is 2. The van der Waals surface area contributed by atoms with Crippen molar-refractivity contribution in [2.75, 3.05) is 12.3 Å². The predicted molar refractivity (Wildman–Crippen MR) is 104 cm³/mol. The van der Waals surface area contributed by atoms with E-state index in [9.17, 15) is 9.59 Å². The average molecular weight is 399 g/mol. The van der Waals surface area contributed by atoms with Gasteiger partial charge in [-0.25, -0.2) is 0 Å². The fraction of sp³-hybridized carbons (Fsp3) is 0.158. The number of rotatable bonds is 5. The molecule has 0 fully saturated rings. The molecule has 0 bridgehead atoms. The van der Waals surface area contributed by atoms with Gasteiger partial charge in [0.15, 0.2) is 5.16 Å². The van der Waals surface area contributed by atoms with Crippen molar-refractivity contribution in [2.24, 2.45) is 0 Å². The number of hydrogen-bond acceptors (Lipinski definition) is 5. The summed E-state index contributed by atoms with van der Waals surface area (Å²) in [7, 11) is 0. The van der Waals surface area contributed by atoms with E-state index >= 15 is 0 Å². The van der Waals surface area contributed by atoms with Gasteiger partial charge in [-0.1, -0.05) is 41.6 Å². The number of nitrogens with zero attached hydrogens (tertiary/aromatic N) is 4. The minimum Gasteiger partial charge on any atom is -0.277 e. The van der Waals surface area contributed by atoms with E-state index in [-0.39, 0.29) is 11.8 Å². The summed E-state index contributed by atoms with van der Waals surface area (Å²) in [6.45, 7) is 2.24. The summed E-state index contributed by atoms with van der Waals surface area (Å²) in [5.41, 5.74) is 2.78. The van der Waals surface area contributed by atoms with Crippen molar-refractivity contribution in [3.63, 3.8) is 0 Å². The number of halogens is 1. The molecule has 0 saturated carbocycles. The maximum atomic E-state index is 12.4. The third-order valence-electron chi connectivity index (χ3n) is 4.37. The lowest BCUT2D eigenvalue weighted by Crippen LogP contribution is -2.31. The maximum Gasteiger partial charge on any atom is 0.261 e. The van der Waals surface area contributed by atoms with Gasteiger partial charge in [-0.3, -0.25) is 19.1 Å². The zero-order chi connectivity index (χ0) is 19.0. The summed E-state index contributed by atoms with van der Waals surface area (Å²) in [5, 5.41) is 9.44. The zero-order valence-electron chi connectivity index (χ0n) is 14.4. The van der Waals surface area contributed by atoms with E-state index in [1.165, 1.54) is 16.7 Å². The van der Waals surface area contributed by atoms with E-state index in [0.29, 0.717) is 33.6 Å². The molecular weight excluding hydrogens is 384 g/mol. The number of amides is 2. The van der Waals surface area contributed by atoms with Gasteiger partial charge in [0.25, 0.3) is 11.8 Å². The molecule has 2 amide bonds. The SMILES string of the molecule is Cc1ccc(-n2cnnc2SCCN2C(=O)c3ccccc3C2=O)cc1Cl. The molecule has 136 valence electrons. The largest absolute Gasteiger partial charge is 0.277 e. The first-order chi connectivity index (χ1) is 13.1. The fourth-order valence-corrected chi connectivity index (χ4v) is 3.93. The number of benzene rings is 2. The van der Waals surface area contributed by atoms with Crippen molar-refractivity contribution in [1.29, 1.82) is 0 Å². The first-order valence-corrected chi connectivity index (χ1v) is 9.67. The van der Waals surface area contributed by atoms with E-state index < -0.39 is 0 Å². The lowest BCUT2D eigenvalue weighted by Gasteiger charge is -2.13. The number of aryl methyl sites for hydroxylation is 1. The van der Waals surface area contributed by atoms with E-state index in [0.717, 1.165) is 11.3 Å². The van der Waals surface area contributed by atoms with Crippen LogP contribution >= 0.6 is 23.4 Å². The molecule has 2 aromatic carbocycles. The number of hydrogen-bond donors (Lipinski definition) is 0. The number of carbonyl (C=O) groups is 2. The molecule has 1 aliphatic heterocycles. The molecule has 1 aromatic heterocycles. The highest BCUT2D eigenvalue weighted by atomic mass is 35.5. The number of aromatic nitrogens is 3. The molecule has 0 unspecified atom stereocenters.